The number of nitriles is 1. The third kappa shape index (κ3) is 2.22. The van der Waals surface area contributed by atoms with E-state index in [4.69, 9.17) is 5.26 Å². The molecular weight excluding hydrogens is 274 g/mol. The van der Waals surface area contributed by atoms with Crippen molar-refractivity contribution < 1.29 is 0 Å². The van der Waals surface area contributed by atoms with E-state index in [1.54, 1.807) is 36.3 Å². The van der Waals surface area contributed by atoms with E-state index in [1.807, 2.05) is 6.07 Å². The largest absolute Gasteiger partial charge is 0.357 e. The Balaban J connectivity index is 2.11. The van der Waals surface area contributed by atoms with Crippen LogP contribution in [-0.2, 0) is 0 Å². The lowest BCUT2D eigenvalue weighted by atomic mass is 10.4. The van der Waals surface area contributed by atoms with Crippen LogP contribution in [0.5, 0.6) is 0 Å². The number of hydrogen-bond acceptors (Lipinski definition) is 7. The van der Waals surface area contributed by atoms with Crippen LogP contribution < -0.4 is 5.32 Å². The zero-order valence-corrected chi connectivity index (χ0v) is 11.3. The van der Waals surface area contributed by atoms with E-state index < -0.39 is 0 Å². The molecule has 0 saturated heterocycles. The van der Waals surface area contributed by atoms with Gasteiger partial charge in [0, 0.05) is 19.4 Å². The second-order valence-corrected chi connectivity index (χ2v) is 4.84. The molecule has 0 aliphatic carbocycles. The molecule has 8 heteroatoms. The Morgan fingerprint density at radius 1 is 1.30 bits per heavy atom. The summed E-state index contributed by atoms with van der Waals surface area (Å²) in [6.07, 6.45) is 3.41. The van der Waals surface area contributed by atoms with Gasteiger partial charge >= 0.3 is 0 Å². The van der Waals surface area contributed by atoms with Crippen LogP contribution in [0.4, 0.5) is 5.95 Å². The summed E-state index contributed by atoms with van der Waals surface area (Å²) in [5, 5.41) is 15.9. The molecule has 3 aromatic heterocycles. The van der Waals surface area contributed by atoms with Crippen LogP contribution in [0.3, 0.4) is 0 Å². The monoisotopic (exact) mass is 283 g/mol. The topological polar surface area (TPSA) is 92.3 Å². The summed E-state index contributed by atoms with van der Waals surface area (Å²) in [4.78, 5) is 14.4. The Morgan fingerprint density at radius 3 is 2.85 bits per heavy atom. The number of hydrogen-bond donors (Lipinski definition) is 1. The molecule has 0 spiro atoms. The van der Waals surface area contributed by atoms with Crippen molar-refractivity contribution in [3.63, 3.8) is 0 Å². The maximum absolute atomic E-state index is 8.88. The average molecular weight is 283 g/mol. The van der Waals surface area contributed by atoms with Crippen molar-refractivity contribution in [1.82, 2.24) is 24.7 Å². The van der Waals surface area contributed by atoms with E-state index in [2.05, 4.69) is 31.4 Å². The molecule has 0 bridgehead atoms. The van der Waals surface area contributed by atoms with Crippen molar-refractivity contribution in [1.29, 1.82) is 5.26 Å². The number of thiophene rings is 1. The van der Waals surface area contributed by atoms with Gasteiger partial charge in [-0.2, -0.15) is 25.3 Å². The average Bonchev–Trinajstić information content (AvgIpc) is 3.17. The minimum atomic E-state index is 0.427. The Morgan fingerprint density at radius 2 is 2.20 bits per heavy atom. The molecule has 3 heterocycles. The summed E-state index contributed by atoms with van der Waals surface area (Å²) in [5.41, 5.74) is 0. The molecule has 1 N–H and O–H groups in total. The summed E-state index contributed by atoms with van der Waals surface area (Å²) >= 11 is 1.34. The summed E-state index contributed by atoms with van der Waals surface area (Å²) in [7, 11) is 1.74. The lowest BCUT2D eigenvalue weighted by Crippen LogP contribution is -2.07. The van der Waals surface area contributed by atoms with Gasteiger partial charge in [-0.15, -0.1) is 11.3 Å². The Kier molecular flexibility index (Phi) is 3.10. The van der Waals surface area contributed by atoms with Gasteiger partial charge in [0.15, 0.2) is 5.82 Å². The van der Waals surface area contributed by atoms with E-state index in [-0.39, 0.29) is 0 Å². The summed E-state index contributed by atoms with van der Waals surface area (Å²) in [6, 6.07) is 7.47. The number of rotatable bonds is 3. The van der Waals surface area contributed by atoms with Crippen molar-refractivity contribution in [3.05, 3.63) is 35.5 Å². The highest BCUT2D eigenvalue weighted by Gasteiger charge is 2.11. The van der Waals surface area contributed by atoms with Gasteiger partial charge in [-0.25, -0.2) is 4.68 Å². The van der Waals surface area contributed by atoms with Crippen LogP contribution in [0.2, 0.25) is 0 Å². The Hall–Kier alpha value is -2.79. The number of aromatic nitrogens is 5. The fourth-order valence-electron chi connectivity index (χ4n) is 1.59. The Labute approximate surface area is 118 Å². The molecule has 7 nitrogen and oxygen atoms in total. The van der Waals surface area contributed by atoms with Gasteiger partial charge in [0.2, 0.25) is 5.95 Å². The number of nitrogens with one attached hydrogen (secondary N) is 1. The van der Waals surface area contributed by atoms with E-state index in [1.165, 1.54) is 11.3 Å². The van der Waals surface area contributed by atoms with Crippen molar-refractivity contribution >= 4 is 17.3 Å². The first-order valence-corrected chi connectivity index (χ1v) is 6.56. The van der Waals surface area contributed by atoms with Crippen LogP contribution in [0, 0.1) is 11.3 Å². The van der Waals surface area contributed by atoms with Crippen LogP contribution in [-0.4, -0.2) is 31.8 Å². The molecule has 0 aromatic carbocycles. The SMILES string of the molecule is CNc1nc(-c2ccc(C#N)s2)nc(-n2cccn2)n1. The molecule has 98 valence electrons. The van der Waals surface area contributed by atoms with Crippen LogP contribution >= 0.6 is 11.3 Å². The molecule has 0 aliphatic heterocycles. The third-order valence-corrected chi connectivity index (χ3v) is 3.48. The number of nitrogens with zero attached hydrogens (tertiary/aromatic N) is 6. The molecule has 0 aliphatic rings. The van der Waals surface area contributed by atoms with Gasteiger partial charge in [-0.3, -0.25) is 0 Å². The van der Waals surface area contributed by atoms with Gasteiger partial charge < -0.3 is 5.32 Å². The minimum Gasteiger partial charge on any atom is -0.357 e. The van der Waals surface area contributed by atoms with Crippen LogP contribution in [0.25, 0.3) is 16.6 Å². The molecule has 3 rings (SSSR count). The second kappa shape index (κ2) is 5.07. The fourth-order valence-corrected chi connectivity index (χ4v) is 2.33. The summed E-state index contributed by atoms with van der Waals surface area (Å²) in [6.45, 7) is 0. The predicted molar refractivity (Wildman–Crippen MR) is 74.5 cm³/mol. The van der Waals surface area contributed by atoms with E-state index >= 15 is 0 Å². The van der Waals surface area contributed by atoms with Gasteiger partial charge in [0.25, 0.3) is 5.95 Å². The highest BCUT2D eigenvalue weighted by atomic mass is 32.1. The minimum absolute atomic E-state index is 0.427. The zero-order valence-electron chi connectivity index (χ0n) is 10.5. The summed E-state index contributed by atoms with van der Waals surface area (Å²) < 4.78 is 1.56. The second-order valence-electron chi connectivity index (χ2n) is 3.76. The molecule has 0 saturated carbocycles. The van der Waals surface area contributed by atoms with Gasteiger partial charge in [-0.1, -0.05) is 0 Å². The molecular formula is C12H9N7S. The summed E-state index contributed by atoms with van der Waals surface area (Å²) in [5.74, 6) is 1.39. The van der Waals surface area contributed by atoms with Crippen LogP contribution in [0.1, 0.15) is 4.88 Å². The van der Waals surface area contributed by atoms with Crippen LogP contribution in [0.15, 0.2) is 30.6 Å². The number of anilines is 1. The van der Waals surface area contributed by atoms with Crippen molar-refractivity contribution in [3.8, 4) is 22.7 Å². The lowest BCUT2D eigenvalue weighted by molar-refractivity contribution is 0.800. The molecule has 0 radical (unpaired) electrons. The fraction of sp³-hybridized carbons (Fsp3) is 0.0833. The molecule has 0 unspecified atom stereocenters. The first kappa shape index (κ1) is 12.3. The maximum atomic E-state index is 8.88. The van der Waals surface area contributed by atoms with E-state index in [0.717, 1.165) is 4.88 Å². The van der Waals surface area contributed by atoms with E-state index in [0.29, 0.717) is 22.6 Å². The first-order chi connectivity index (χ1) is 9.80. The molecule has 0 fully saturated rings. The first-order valence-electron chi connectivity index (χ1n) is 5.74. The lowest BCUT2D eigenvalue weighted by Gasteiger charge is -2.05. The molecule has 0 amide bonds. The normalized spacial score (nSPS) is 10.2. The third-order valence-electron chi connectivity index (χ3n) is 2.49. The van der Waals surface area contributed by atoms with Gasteiger partial charge in [-0.05, 0) is 18.2 Å². The van der Waals surface area contributed by atoms with Crippen molar-refractivity contribution in [2.24, 2.45) is 0 Å². The standard InChI is InChI=1S/C12H9N7S/c1-14-11-16-10(9-4-3-8(7-13)20-9)17-12(18-11)19-6-2-5-15-19/h2-6H,1H3,(H,14,16,17,18). The quantitative estimate of drug-likeness (QED) is 0.786. The van der Waals surface area contributed by atoms with E-state index in [9.17, 15) is 0 Å². The van der Waals surface area contributed by atoms with Crippen molar-refractivity contribution in [2.75, 3.05) is 12.4 Å². The molecule has 0 atom stereocenters. The molecule has 3 aromatic rings. The van der Waals surface area contributed by atoms with Gasteiger partial charge in [0.1, 0.15) is 10.9 Å². The molecule has 20 heavy (non-hydrogen) atoms. The predicted octanol–water partition coefficient (Wildman–Crippen LogP) is 1.70. The maximum Gasteiger partial charge on any atom is 0.255 e. The smallest absolute Gasteiger partial charge is 0.255 e. The van der Waals surface area contributed by atoms with Gasteiger partial charge in [0.05, 0.1) is 4.88 Å². The van der Waals surface area contributed by atoms with Crippen molar-refractivity contribution in [2.45, 2.75) is 0 Å². The highest BCUT2D eigenvalue weighted by Crippen LogP contribution is 2.25. The Bertz CT molecular complexity index is 769. The zero-order chi connectivity index (χ0) is 13.9. The highest BCUT2D eigenvalue weighted by molar-refractivity contribution is 7.15.